The van der Waals surface area contributed by atoms with Gasteiger partial charge in [-0.25, -0.2) is 8.42 Å². The van der Waals surface area contributed by atoms with E-state index in [2.05, 4.69) is 17.6 Å². The molecule has 1 aromatic heterocycles. The highest BCUT2D eigenvalue weighted by Crippen LogP contribution is 2.25. The number of carbonyl (C=O) groups excluding carboxylic acids is 2. The molecule has 0 radical (unpaired) electrons. The summed E-state index contributed by atoms with van der Waals surface area (Å²) >= 11 is 1.51. The molecule has 0 saturated carbocycles. The van der Waals surface area contributed by atoms with Crippen molar-refractivity contribution in [2.24, 2.45) is 0 Å². The summed E-state index contributed by atoms with van der Waals surface area (Å²) in [5.41, 5.74) is 1.78. The molecular formula is C22H29N3O4S2. The molecule has 0 spiro atoms. The van der Waals surface area contributed by atoms with Crippen molar-refractivity contribution in [3.05, 3.63) is 45.6 Å². The number of benzene rings is 1. The third-order valence-electron chi connectivity index (χ3n) is 5.37. The molecule has 31 heavy (non-hydrogen) atoms. The molecule has 0 aliphatic carbocycles. The molecule has 1 fully saturated rings. The van der Waals surface area contributed by atoms with Crippen molar-refractivity contribution in [2.45, 2.75) is 57.4 Å². The number of rotatable bonds is 7. The van der Waals surface area contributed by atoms with Crippen molar-refractivity contribution < 1.29 is 18.0 Å². The molecule has 7 nitrogen and oxygen atoms in total. The normalized spacial score (nSPS) is 15.6. The zero-order valence-electron chi connectivity index (χ0n) is 18.1. The lowest BCUT2D eigenvalue weighted by Gasteiger charge is -2.31. The standard InChI is InChI=1S/C22H29N3O4S2/c1-4-5-17-14-21(30-15(17)2)22(27)24-19-10-12-25(13-11-19)31(28,29)20-8-6-18(7-9-20)23-16(3)26/h6-9,14,19H,4-5,10-13H2,1-3H3,(H,23,26)(H,24,27). The van der Waals surface area contributed by atoms with Crippen LogP contribution in [0.5, 0.6) is 0 Å². The Kier molecular flexibility index (Phi) is 7.51. The smallest absolute Gasteiger partial charge is 0.261 e. The van der Waals surface area contributed by atoms with Crippen LogP contribution in [-0.4, -0.2) is 43.7 Å². The van der Waals surface area contributed by atoms with E-state index < -0.39 is 10.0 Å². The predicted molar refractivity (Wildman–Crippen MR) is 123 cm³/mol. The molecule has 1 aliphatic heterocycles. The summed E-state index contributed by atoms with van der Waals surface area (Å²) in [6.45, 7) is 6.27. The Balaban J connectivity index is 1.57. The van der Waals surface area contributed by atoms with Gasteiger partial charge in [0.25, 0.3) is 5.91 Å². The SMILES string of the molecule is CCCc1cc(C(=O)NC2CCN(S(=O)(=O)c3ccc(NC(C)=O)cc3)CC2)sc1C. The van der Waals surface area contributed by atoms with Gasteiger partial charge in [0.2, 0.25) is 15.9 Å². The third-order valence-corrected chi connectivity index (χ3v) is 8.37. The fourth-order valence-electron chi connectivity index (χ4n) is 3.71. The number of thiophene rings is 1. The van der Waals surface area contributed by atoms with Crippen LogP contribution in [0.4, 0.5) is 5.69 Å². The van der Waals surface area contributed by atoms with Crippen molar-refractivity contribution in [1.29, 1.82) is 0 Å². The van der Waals surface area contributed by atoms with Gasteiger partial charge in [0.05, 0.1) is 9.77 Å². The van der Waals surface area contributed by atoms with Crippen LogP contribution in [0.2, 0.25) is 0 Å². The van der Waals surface area contributed by atoms with Gasteiger partial charge in [0, 0.05) is 36.6 Å². The second-order valence-electron chi connectivity index (χ2n) is 7.80. The molecule has 1 aliphatic rings. The second-order valence-corrected chi connectivity index (χ2v) is 11.0. The van der Waals surface area contributed by atoms with Crippen LogP contribution in [-0.2, 0) is 21.2 Å². The average Bonchev–Trinajstić information content (AvgIpc) is 3.09. The molecule has 0 unspecified atom stereocenters. The summed E-state index contributed by atoms with van der Waals surface area (Å²) < 4.78 is 27.3. The van der Waals surface area contributed by atoms with E-state index in [9.17, 15) is 18.0 Å². The van der Waals surface area contributed by atoms with Crippen LogP contribution in [0, 0.1) is 6.92 Å². The first-order valence-electron chi connectivity index (χ1n) is 10.5. The largest absolute Gasteiger partial charge is 0.349 e. The number of anilines is 1. The van der Waals surface area contributed by atoms with Gasteiger partial charge < -0.3 is 10.6 Å². The van der Waals surface area contributed by atoms with Crippen molar-refractivity contribution in [3.63, 3.8) is 0 Å². The number of hydrogen-bond donors (Lipinski definition) is 2. The lowest BCUT2D eigenvalue weighted by Crippen LogP contribution is -2.46. The lowest BCUT2D eigenvalue weighted by atomic mass is 10.1. The van der Waals surface area contributed by atoms with Crippen molar-refractivity contribution in [3.8, 4) is 0 Å². The molecule has 3 rings (SSSR count). The average molecular weight is 464 g/mol. The highest BCUT2D eigenvalue weighted by atomic mass is 32.2. The quantitative estimate of drug-likeness (QED) is 0.656. The van der Waals surface area contributed by atoms with E-state index in [4.69, 9.17) is 0 Å². The van der Waals surface area contributed by atoms with E-state index in [1.54, 1.807) is 12.1 Å². The summed E-state index contributed by atoms with van der Waals surface area (Å²) in [5, 5.41) is 5.69. The number of hydrogen-bond acceptors (Lipinski definition) is 5. The Morgan fingerprint density at radius 3 is 2.39 bits per heavy atom. The molecule has 1 saturated heterocycles. The molecule has 1 aromatic carbocycles. The number of carbonyl (C=O) groups is 2. The molecule has 0 atom stereocenters. The number of amides is 2. The monoisotopic (exact) mass is 463 g/mol. The van der Waals surface area contributed by atoms with Crippen LogP contribution in [0.1, 0.15) is 53.2 Å². The molecule has 168 valence electrons. The predicted octanol–water partition coefficient (Wildman–Crippen LogP) is 3.55. The minimum Gasteiger partial charge on any atom is -0.349 e. The van der Waals surface area contributed by atoms with E-state index in [-0.39, 0.29) is 22.8 Å². The maximum absolute atomic E-state index is 12.9. The van der Waals surface area contributed by atoms with Crippen molar-refractivity contribution >= 4 is 38.9 Å². The molecule has 2 aromatic rings. The maximum atomic E-state index is 12.9. The van der Waals surface area contributed by atoms with Crippen LogP contribution in [0.25, 0.3) is 0 Å². The number of nitrogens with zero attached hydrogens (tertiary/aromatic N) is 1. The van der Waals surface area contributed by atoms with E-state index >= 15 is 0 Å². The maximum Gasteiger partial charge on any atom is 0.261 e. The molecule has 2 N–H and O–H groups in total. The number of nitrogens with one attached hydrogen (secondary N) is 2. The Hall–Kier alpha value is -2.23. The number of piperidine rings is 1. The molecule has 0 bridgehead atoms. The second kappa shape index (κ2) is 9.93. The van der Waals surface area contributed by atoms with Gasteiger partial charge in [0.1, 0.15) is 0 Å². The Morgan fingerprint density at radius 1 is 1.16 bits per heavy atom. The minimum atomic E-state index is -3.61. The number of sulfonamides is 1. The van der Waals surface area contributed by atoms with Gasteiger partial charge >= 0.3 is 0 Å². The van der Waals surface area contributed by atoms with Gasteiger partial charge in [-0.15, -0.1) is 11.3 Å². The van der Waals surface area contributed by atoms with Gasteiger partial charge in [-0.2, -0.15) is 4.31 Å². The first-order chi connectivity index (χ1) is 14.7. The van der Waals surface area contributed by atoms with E-state index in [1.807, 2.05) is 13.0 Å². The first-order valence-corrected chi connectivity index (χ1v) is 12.7. The van der Waals surface area contributed by atoms with Gasteiger partial charge in [-0.05, 0) is 62.1 Å². The topological polar surface area (TPSA) is 95.6 Å². The molecule has 9 heteroatoms. The van der Waals surface area contributed by atoms with Gasteiger partial charge in [0.15, 0.2) is 0 Å². The van der Waals surface area contributed by atoms with Crippen LogP contribution in [0.3, 0.4) is 0 Å². The van der Waals surface area contributed by atoms with E-state index in [0.717, 1.165) is 17.7 Å². The summed E-state index contributed by atoms with van der Waals surface area (Å²) in [6, 6.07) is 8.10. The van der Waals surface area contributed by atoms with E-state index in [1.165, 1.54) is 45.1 Å². The fourth-order valence-corrected chi connectivity index (χ4v) is 6.15. The summed E-state index contributed by atoms with van der Waals surface area (Å²) in [5.74, 6) is -0.288. The van der Waals surface area contributed by atoms with Gasteiger partial charge in [-0.3, -0.25) is 9.59 Å². The highest BCUT2D eigenvalue weighted by molar-refractivity contribution is 7.89. The Labute approximate surface area is 187 Å². The van der Waals surface area contributed by atoms with Gasteiger partial charge in [-0.1, -0.05) is 13.3 Å². The zero-order valence-corrected chi connectivity index (χ0v) is 19.7. The Morgan fingerprint density at radius 2 is 1.81 bits per heavy atom. The molecular weight excluding hydrogens is 434 g/mol. The summed E-state index contributed by atoms with van der Waals surface area (Å²) in [6.07, 6.45) is 3.15. The van der Waals surface area contributed by atoms with Crippen LogP contribution < -0.4 is 10.6 Å². The van der Waals surface area contributed by atoms with E-state index in [0.29, 0.717) is 31.6 Å². The number of aryl methyl sites for hydroxylation is 2. The van der Waals surface area contributed by atoms with Crippen molar-refractivity contribution in [2.75, 3.05) is 18.4 Å². The highest BCUT2D eigenvalue weighted by Gasteiger charge is 2.30. The lowest BCUT2D eigenvalue weighted by molar-refractivity contribution is -0.114. The summed E-state index contributed by atoms with van der Waals surface area (Å²) in [7, 11) is -3.61. The summed E-state index contributed by atoms with van der Waals surface area (Å²) in [4.78, 5) is 25.8. The van der Waals surface area contributed by atoms with Crippen LogP contribution >= 0.6 is 11.3 Å². The third kappa shape index (κ3) is 5.72. The zero-order chi connectivity index (χ0) is 22.6. The van der Waals surface area contributed by atoms with Crippen LogP contribution in [0.15, 0.2) is 35.2 Å². The Bertz CT molecular complexity index is 1040. The molecule has 2 heterocycles. The minimum absolute atomic E-state index is 0.0434. The molecule has 2 amide bonds. The first kappa shape index (κ1) is 23.4. The fraction of sp³-hybridized carbons (Fsp3) is 0.455. The van der Waals surface area contributed by atoms with Crippen molar-refractivity contribution in [1.82, 2.24) is 9.62 Å².